The Hall–Kier alpha value is -4.04. The number of rotatable bonds is 7. The zero-order valence-electron chi connectivity index (χ0n) is 20.1. The van der Waals surface area contributed by atoms with Gasteiger partial charge in [0.25, 0.3) is 5.91 Å². The van der Waals surface area contributed by atoms with E-state index < -0.39 is 0 Å². The molecule has 2 aromatic carbocycles. The number of aromatic nitrogens is 3. The van der Waals surface area contributed by atoms with Crippen LogP contribution in [0, 0.1) is 6.92 Å². The summed E-state index contributed by atoms with van der Waals surface area (Å²) < 4.78 is 0. The summed E-state index contributed by atoms with van der Waals surface area (Å²) in [5, 5.41) is 14.5. The first-order valence-electron chi connectivity index (χ1n) is 11.7. The Balaban J connectivity index is 1.51. The van der Waals surface area contributed by atoms with Crippen LogP contribution in [0.4, 0.5) is 5.69 Å². The van der Waals surface area contributed by atoms with E-state index in [1.165, 1.54) is 4.90 Å². The number of aromatic amines is 1. The van der Waals surface area contributed by atoms with Crippen molar-refractivity contribution < 1.29 is 9.59 Å². The molecule has 2 amide bonds. The van der Waals surface area contributed by atoms with Crippen LogP contribution in [0.3, 0.4) is 0 Å². The third-order valence-corrected chi connectivity index (χ3v) is 6.21. The fraction of sp³-hybridized carbons (Fsp3) is 0.259. The number of carbonyl (C=O) groups is 2. The number of pyridine rings is 1. The second-order valence-electron chi connectivity index (χ2n) is 9.17. The molecule has 8 heteroatoms. The molecular weight excluding hydrogens is 440 g/mol. The number of carbonyl (C=O) groups excluding carboxylic acids is 2. The van der Waals surface area contributed by atoms with E-state index in [1.807, 2.05) is 36.4 Å². The van der Waals surface area contributed by atoms with E-state index >= 15 is 0 Å². The van der Waals surface area contributed by atoms with Gasteiger partial charge in [-0.3, -0.25) is 14.7 Å². The molecule has 2 heterocycles. The fourth-order valence-electron chi connectivity index (χ4n) is 4.07. The Kier molecular flexibility index (Phi) is 6.05. The van der Waals surface area contributed by atoms with Crippen LogP contribution in [-0.2, 0) is 4.79 Å². The van der Waals surface area contributed by atoms with E-state index in [0.717, 1.165) is 46.2 Å². The third-order valence-electron chi connectivity index (χ3n) is 6.21. The Labute approximate surface area is 203 Å². The van der Waals surface area contributed by atoms with Crippen molar-refractivity contribution in [2.45, 2.75) is 25.8 Å². The number of aryl methyl sites for hydroxylation is 1. The first-order chi connectivity index (χ1) is 16.9. The molecule has 5 rings (SSSR count). The predicted octanol–water partition coefficient (Wildman–Crippen LogP) is 3.99. The highest BCUT2D eigenvalue weighted by Gasteiger charge is 2.22. The number of hydrogen-bond donors (Lipinski definition) is 3. The molecule has 0 radical (unpaired) electrons. The third kappa shape index (κ3) is 4.79. The Morgan fingerprint density at radius 3 is 2.63 bits per heavy atom. The van der Waals surface area contributed by atoms with Gasteiger partial charge in [0, 0.05) is 42.8 Å². The lowest BCUT2D eigenvalue weighted by atomic mass is 9.99. The molecule has 1 aliphatic rings. The Morgan fingerprint density at radius 2 is 1.89 bits per heavy atom. The van der Waals surface area contributed by atoms with Crippen molar-refractivity contribution in [2.24, 2.45) is 0 Å². The second kappa shape index (κ2) is 9.31. The largest absolute Gasteiger partial charge is 0.345 e. The fourth-order valence-corrected chi connectivity index (χ4v) is 4.07. The Bertz CT molecular complexity index is 1420. The molecule has 178 valence electrons. The minimum absolute atomic E-state index is 0.165. The van der Waals surface area contributed by atoms with Gasteiger partial charge >= 0.3 is 0 Å². The molecule has 3 N–H and O–H groups in total. The van der Waals surface area contributed by atoms with Gasteiger partial charge in [-0.15, -0.1) is 0 Å². The minimum Gasteiger partial charge on any atom is -0.345 e. The van der Waals surface area contributed by atoms with Gasteiger partial charge in [-0.1, -0.05) is 30.3 Å². The van der Waals surface area contributed by atoms with Crippen molar-refractivity contribution in [3.63, 3.8) is 0 Å². The van der Waals surface area contributed by atoms with Crippen LogP contribution in [0.2, 0.25) is 0 Å². The summed E-state index contributed by atoms with van der Waals surface area (Å²) in [4.78, 5) is 31.5. The Morgan fingerprint density at radius 1 is 1.09 bits per heavy atom. The first-order valence-corrected chi connectivity index (χ1v) is 11.7. The molecule has 1 aliphatic carbocycles. The number of hydrogen-bond acceptors (Lipinski definition) is 5. The van der Waals surface area contributed by atoms with Crippen molar-refractivity contribution in [3.05, 3.63) is 65.9 Å². The zero-order valence-corrected chi connectivity index (χ0v) is 20.1. The molecule has 1 fully saturated rings. The van der Waals surface area contributed by atoms with Gasteiger partial charge in [-0.05, 0) is 49.1 Å². The van der Waals surface area contributed by atoms with Crippen LogP contribution in [0.5, 0.6) is 0 Å². The van der Waals surface area contributed by atoms with Gasteiger partial charge in [0.05, 0.1) is 17.8 Å². The van der Waals surface area contributed by atoms with E-state index in [1.54, 1.807) is 26.4 Å². The predicted molar refractivity (Wildman–Crippen MR) is 137 cm³/mol. The van der Waals surface area contributed by atoms with Crippen molar-refractivity contribution in [3.8, 4) is 22.4 Å². The summed E-state index contributed by atoms with van der Waals surface area (Å²) in [5.41, 5.74) is 6.31. The average molecular weight is 469 g/mol. The molecule has 35 heavy (non-hydrogen) atoms. The molecule has 0 atom stereocenters. The maximum absolute atomic E-state index is 13.0. The number of amides is 2. The number of nitrogens with one attached hydrogen (secondary N) is 3. The van der Waals surface area contributed by atoms with E-state index in [4.69, 9.17) is 0 Å². The maximum Gasteiger partial charge on any atom is 0.255 e. The standard InChI is InChI=1S/C27H28N6O2/c1-16-6-4-5-7-20(16)25-22-13-18(14-29-26(22)32-31-25)17-8-11-23(21(12-17)27(35)33(2)3)30-24(34)15-28-19-9-10-19/h4-8,11-14,19,28H,9-10,15H2,1-3H3,(H,30,34)(H,29,31,32). The van der Waals surface area contributed by atoms with Gasteiger partial charge < -0.3 is 15.5 Å². The molecular formula is C27H28N6O2. The summed E-state index contributed by atoms with van der Waals surface area (Å²) >= 11 is 0. The van der Waals surface area contributed by atoms with Crippen molar-refractivity contribution in [1.82, 2.24) is 25.4 Å². The van der Waals surface area contributed by atoms with Crippen LogP contribution >= 0.6 is 0 Å². The van der Waals surface area contributed by atoms with Crippen LogP contribution < -0.4 is 10.6 Å². The number of anilines is 1. The summed E-state index contributed by atoms with van der Waals surface area (Å²) in [5.74, 6) is -0.350. The van der Waals surface area contributed by atoms with Crippen LogP contribution in [0.25, 0.3) is 33.4 Å². The van der Waals surface area contributed by atoms with E-state index in [9.17, 15) is 9.59 Å². The molecule has 0 saturated heterocycles. The first kappa shape index (κ1) is 22.7. The molecule has 8 nitrogen and oxygen atoms in total. The minimum atomic E-state index is -0.185. The summed E-state index contributed by atoms with van der Waals surface area (Å²) in [6.45, 7) is 2.28. The van der Waals surface area contributed by atoms with E-state index in [0.29, 0.717) is 22.9 Å². The molecule has 4 aromatic rings. The monoisotopic (exact) mass is 468 g/mol. The van der Waals surface area contributed by atoms with Gasteiger partial charge in [-0.2, -0.15) is 5.10 Å². The molecule has 0 spiro atoms. The second-order valence-corrected chi connectivity index (χ2v) is 9.17. The average Bonchev–Trinajstić information content (AvgIpc) is 3.60. The summed E-state index contributed by atoms with van der Waals surface area (Å²) in [6, 6.07) is 16.0. The lowest BCUT2D eigenvalue weighted by Gasteiger charge is -2.16. The lowest BCUT2D eigenvalue weighted by Crippen LogP contribution is -2.30. The number of fused-ring (bicyclic) bond motifs is 1. The van der Waals surface area contributed by atoms with Crippen molar-refractivity contribution in [1.29, 1.82) is 0 Å². The zero-order chi connectivity index (χ0) is 24.5. The molecule has 0 aliphatic heterocycles. The number of H-pyrrole nitrogens is 1. The number of benzene rings is 2. The molecule has 1 saturated carbocycles. The van der Waals surface area contributed by atoms with Crippen molar-refractivity contribution in [2.75, 3.05) is 26.0 Å². The molecule has 2 aromatic heterocycles. The van der Waals surface area contributed by atoms with Gasteiger partial charge in [-0.25, -0.2) is 4.98 Å². The van der Waals surface area contributed by atoms with Crippen molar-refractivity contribution >= 4 is 28.5 Å². The highest BCUT2D eigenvalue weighted by molar-refractivity contribution is 6.05. The quantitative estimate of drug-likeness (QED) is 0.381. The number of nitrogens with zero attached hydrogens (tertiary/aromatic N) is 3. The van der Waals surface area contributed by atoms with Gasteiger partial charge in [0.1, 0.15) is 5.69 Å². The van der Waals surface area contributed by atoms with Gasteiger partial charge in [0.15, 0.2) is 5.65 Å². The van der Waals surface area contributed by atoms with Crippen LogP contribution in [-0.4, -0.2) is 58.6 Å². The SMILES string of the molecule is Cc1ccccc1-c1n[nH]c2ncc(-c3ccc(NC(=O)CNC4CC4)c(C(=O)N(C)C)c3)cc12. The lowest BCUT2D eigenvalue weighted by molar-refractivity contribution is -0.115. The van der Waals surface area contributed by atoms with Crippen LogP contribution in [0.15, 0.2) is 54.7 Å². The smallest absolute Gasteiger partial charge is 0.255 e. The molecule has 0 bridgehead atoms. The van der Waals surface area contributed by atoms with E-state index in [-0.39, 0.29) is 18.4 Å². The summed E-state index contributed by atoms with van der Waals surface area (Å²) in [6.07, 6.45) is 3.97. The highest BCUT2D eigenvalue weighted by Crippen LogP contribution is 2.32. The highest BCUT2D eigenvalue weighted by atomic mass is 16.2. The molecule has 0 unspecified atom stereocenters. The topological polar surface area (TPSA) is 103 Å². The summed E-state index contributed by atoms with van der Waals surface area (Å²) in [7, 11) is 3.39. The normalized spacial score (nSPS) is 13.1. The maximum atomic E-state index is 13.0. The van der Waals surface area contributed by atoms with Gasteiger partial charge in [0.2, 0.25) is 5.91 Å². The van der Waals surface area contributed by atoms with E-state index in [2.05, 4.69) is 38.8 Å². The van der Waals surface area contributed by atoms with Crippen LogP contribution in [0.1, 0.15) is 28.8 Å².